The predicted octanol–water partition coefficient (Wildman–Crippen LogP) is 4.00. The van der Waals surface area contributed by atoms with Crippen LogP contribution in [0, 0.1) is 0 Å². The normalized spacial score (nSPS) is 11.5. The van der Waals surface area contributed by atoms with E-state index in [1.807, 2.05) is 6.07 Å². The first kappa shape index (κ1) is 28.4. The Balaban J connectivity index is 0.00000480. The molecular weight excluding hydrogens is 419 g/mol. The third-order valence-corrected chi connectivity index (χ3v) is 6.78. The molecule has 0 amide bonds. The van der Waals surface area contributed by atoms with E-state index in [1.165, 1.54) is 64.9 Å². The zero-order valence-electron chi connectivity index (χ0n) is 19.6. The molecule has 0 unspecified atom stereocenters. The Kier molecular flexibility index (Phi) is 14.0. The van der Waals surface area contributed by atoms with Gasteiger partial charge < -0.3 is 9.29 Å². The summed E-state index contributed by atoms with van der Waals surface area (Å²) in [6.45, 7) is 2.25. The van der Waals surface area contributed by atoms with Crippen LogP contribution in [0.3, 0.4) is 0 Å². The van der Waals surface area contributed by atoms with Crippen LogP contribution in [0.15, 0.2) is 35.2 Å². The van der Waals surface area contributed by atoms with Crippen molar-refractivity contribution in [3.8, 4) is 5.75 Å². The average molecular weight is 457 g/mol. The van der Waals surface area contributed by atoms with Gasteiger partial charge in [0.05, 0.1) is 12.0 Å². The maximum atomic E-state index is 12.0. The van der Waals surface area contributed by atoms with Crippen LogP contribution < -0.4 is 34.3 Å². The fourth-order valence-electron chi connectivity index (χ4n) is 4.17. The van der Waals surface area contributed by atoms with Gasteiger partial charge in [0.25, 0.3) is 0 Å². The summed E-state index contributed by atoms with van der Waals surface area (Å²) in [6.07, 6.45) is 15.6. The SMILES string of the molecule is CCCCCCCCCCCCCCc1ccc2cccc(OC)c2c1S(=O)(=O)[O-].[Na+]. The van der Waals surface area contributed by atoms with E-state index in [9.17, 15) is 13.0 Å². The first-order valence-electron chi connectivity index (χ1n) is 11.5. The van der Waals surface area contributed by atoms with Crippen LogP contribution >= 0.6 is 0 Å². The Bertz CT molecular complexity index is 880. The second-order valence-corrected chi connectivity index (χ2v) is 9.52. The largest absolute Gasteiger partial charge is 1.00 e. The van der Waals surface area contributed by atoms with Gasteiger partial charge in [-0.2, -0.15) is 0 Å². The molecular formula is C25H37NaO4S. The zero-order chi connectivity index (χ0) is 21.8. The second-order valence-electron chi connectivity index (χ2n) is 8.21. The van der Waals surface area contributed by atoms with Gasteiger partial charge in [-0.1, -0.05) is 102 Å². The molecule has 2 aromatic carbocycles. The van der Waals surface area contributed by atoms with E-state index in [0.717, 1.165) is 19.3 Å². The van der Waals surface area contributed by atoms with Gasteiger partial charge in [-0.05, 0) is 29.9 Å². The maximum Gasteiger partial charge on any atom is 1.00 e. The van der Waals surface area contributed by atoms with Crippen LogP contribution in [0.25, 0.3) is 10.8 Å². The van der Waals surface area contributed by atoms with Crippen molar-refractivity contribution in [3.63, 3.8) is 0 Å². The first-order chi connectivity index (χ1) is 14.5. The number of rotatable bonds is 15. The monoisotopic (exact) mass is 456 g/mol. The first-order valence-corrected chi connectivity index (χ1v) is 12.9. The molecule has 168 valence electrons. The molecule has 0 aliphatic carbocycles. The van der Waals surface area contributed by atoms with E-state index in [-0.39, 0.29) is 34.5 Å². The summed E-state index contributed by atoms with van der Waals surface area (Å²) < 4.78 is 41.5. The average Bonchev–Trinajstić information content (AvgIpc) is 2.72. The van der Waals surface area contributed by atoms with Crippen LogP contribution in [0.1, 0.15) is 89.5 Å². The van der Waals surface area contributed by atoms with E-state index < -0.39 is 10.1 Å². The van der Waals surface area contributed by atoms with Crippen LogP contribution in [-0.4, -0.2) is 20.1 Å². The number of aryl methyl sites for hydroxylation is 1. The third-order valence-electron chi connectivity index (χ3n) is 5.81. The summed E-state index contributed by atoms with van der Waals surface area (Å²) in [4.78, 5) is -0.111. The summed E-state index contributed by atoms with van der Waals surface area (Å²) in [5, 5.41) is 1.12. The van der Waals surface area contributed by atoms with Crippen molar-refractivity contribution in [2.75, 3.05) is 7.11 Å². The summed E-state index contributed by atoms with van der Waals surface area (Å²) in [5.41, 5.74) is 0.606. The van der Waals surface area contributed by atoms with E-state index in [1.54, 1.807) is 24.3 Å². The molecule has 0 saturated carbocycles. The van der Waals surface area contributed by atoms with Crippen LogP contribution in [0.4, 0.5) is 0 Å². The minimum Gasteiger partial charge on any atom is -0.744 e. The van der Waals surface area contributed by atoms with Crippen LogP contribution in [-0.2, 0) is 16.5 Å². The van der Waals surface area contributed by atoms with Crippen molar-refractivity contribution in [2.45, 2.75) is 95.3 Å². The van der Waals surface area contributed by atoms with E-state index in [4.69, 9.17) is 4.74 Å². The molecule has 0 spiro atoms. The van der Waals surface area contributed by atoms with E-state index >= 15 is 0 Å². The zero-order valence-corrected chi connectivity index (χ0v) is 22.4. The number of ether oxygens (including phenoxy) is 1. The number of methoxy groups -OCH3 is 1. The second kappa shape index (κ2) is 15.3. The molecule has 2 aromatic rings. The molecule has 0 fully saturated rings. The molecule has 0 aliphatic rings. The summed E-state index contributed by atoms with van der Waals surface area (Å²) in [7, 11) is -3.10. The summed E-state index contributed by atoms with van der Waals surface area (Å²) >= 11 is 0. The van der Waals surface area contributed by atoms with Crippen molar-refractivity contribution < 1.29 is 47.3 Å². The number of unbranched alkanes of at least 4 members (excludes halogenated alkanes) is 11. The molecule has 2 rings (SSSR count). The third kappa shape index (κ3) is 9.43. The van der Waals surface area contributed by atoms with Crippen molar-refractivity contribution >= 4 is 20.9 Å². The maximum absolute atomic E-state index is 12.0. The minimum absolute atomic E-state index is 0. The Labute approximate surface area is 211 Å². The van der Waals surface area contributed by atoms with Crippen LogP contribution in [0.2, 0.25) is 0 Å². The van der Waals surface area contributed by atoms with Crippen molar-refractivity contribution in [2.24, 2.45) is 0 Å². The molecule has 0 N–H and O–H groups in total. The number of hydrogen-bond acceptors (Lipinski definition) is 4. The van der Waals surface area contributed by atoms with Crippen molar-refractivity contribution in [1.82, 2.24) is 0 Å². The Morgan fingerprint density at radius 2 is 1.35 bits per heavy atom. The van der Waals surface area contributed by atoms with Gasteiger partial charge in [-0.15, -0.1) is 0 Å². The molecule has 0 aromatic heterocycles. The van der Waals surface area contributed by atoms with Gasteiger partial charge in [-0.25, -0.2) is 8.42 Å². The van der Waals surface area contributed by atoms with Crippen molar-refractivity contribution in [1.29, 1.82) is 0 Å². The molecule has 0 bridgehead atoms. The Hall–Kier alpha value is -0.590. The van der Waals surface area contributed by atoms with Crippen molar-refractivity contribution in [3.05, 3.63) is 35.9 Å². The van der Waals surface area contributed by atoms with E-state index in [0.29, 0.717) is 28.5 Å². The Morgan fingerprint density at radius 3 is 1.87 bits per heavy atom. The number of benzene rings is 2. The van der Waals surface area contributed by atoms with Gasteiger partial charge in [0.2, 0.25) is 0 Å². The molecule has 0 radical (unpaired) electrons. The minimum atomic E-state index is -4.59. The topological polar surface area (TPSA) is 66.4 Å². The smallest absolute Gasteiger partial charge is 0.744 e. The summed E-state index contributed by atoms with van der Waals surface area (Å²) in [6, 6.07) is 8.96. The molecule has 0 saturated heterocycles. The van der Waals surface area contributed by atoms with Gasteiger partial charge >= 0.3 is 29.6 Å². The quantitative estimate of drug-likeness (QED) is 0.231. The fraction of sp³-hybridized carbons (Fsp3) is 0.600. The van der Waals surface area contributed by atoms with Gasteiger partial charge in [0, 0.05) is 5.39 Å². The molecule has 0 atom stereocenters. The molecule has 6 heteroatoms. The fourth-order valence-corrected chi connectivity index (χ4v) is 5.13. The number of hydrogen-bond donors (Lipinski definition) is 0. The molecule has 4 nitrogen and oxygen atoms in total. The van der Waals surface area contributed by atoms with Gasteiger partial charge in [0.1, 0.15) is 15.9 Å². The van der Waals surface area contributed by atoms with Gasteiger partial charge in [0.15, 0.2) is 0 Å². The Morgan fingerprint density at radius 1 is 0.806 bits per heavy atom. The molecule has 0 heterocycles. The van der Waals surface area contributed by atoms with E-state index in [2.05, 4.69) is 6.92 Å². The number of fused-ring (bicyclic) bond motifs is 1. The summed E-state index contributed by atoms with van der Waals surface area (Å²) in [5.74, 6) is 0.429. The van der Waals surface area contributed by atoms with Gasteiger partial charge in [-0.3, -0.25) is 0 Å². The van der Waals surface area contributed by atoms with Crippen LogP contribution in [0.5, 0.6) is 5.75 Å². The molecule has 31 heavy (non-hydrogen) atoms. The molecule has 0 aliphatic heterocycles. The standard InChI is InChI=1S/C25H38O4S.Na/c1-3-4-5-6-7-8-9-10-11-12-13-14-16-22-20-19-21-17-15-18-23(29-2)24(21)25(22)30(26,27)28;/h15,17-20H,3-14,16H2,1-2H3,(H,26,27,28);/q;+1/p-1. The predicted molar refractivity (Wildman–Crippen MR) is 123 cm³/mol.